The minimum atomic E-state index is -0.204. The number of hydrogen-bond acceptors (Lipinski definition) is 3. The van der Waals surface area contributed by atoms with Crippen LogP contribution in [0.1, 0.15) is 57.4 Å². The molecule has 27 heavy (non-hydrogen) atoms. The first kappa shape index (κ1) is 19.7. The minimum absolute atomic E-state index is 0.0442. The zero-order chi connectivity index (χ0) is 19.2. The highest BCUT2D eigenvalue weighted by atomic mass is 16.5. The Balaban J connectivity index is 1.50. The third kappa shape index (κ3) is 5.45. The molecule has 1 saturated heterocycles. The molecule has 0 spiro atoms. The molecule has 1 aliphatic carbocycles. The first-order valence-corrected chi connectivity index (χ1v) is 10.1. The number of carbonyl (C=O) groups is 2. The van der Waals surface area contributed by atoms with E-state index in [0.29, 0.717) is 19.0 Å². The van der Waals surface area contributed by atoms with Gasteiger partial charge >= 0.3 is 6.03 Å². The van der Waals surface area contributed by atoms with E-state index in [1.807, 2.05) is 12.1 Å². The van der Waals surface area contributed by atoms with Gasteiger partial charge in [-0.2, -0.15) is 0 Å². The lowest BCUT2D eigenvalue weighted by Crippen LogP contribution is -2.52. The second-order valence-corrected chi connectivity index (χ2v) is 7.87. The highest BCUT2D eigenvalue weighted by molar-refractivity contribution is 5.95. The van der Waals surface area contributed by atoms with Gasteiger partial charge in [0.1, 0.15) is 6.61 Å². The van der Waals surface area contributed by atoms with Crippen LogP contribution in [0.25, 0.3) is 0 Å². The quantitative estimate of drug-likeness (QED) is 0.833. The van der Waals surface area contributed by atoms with Crippen molar-refractivity contribution in [3.8, 4) is 0 Å². The molecule has 3 amide bonds. The molecule has 2 N–H and O–H groups in total. The van der Waals surface area contributed by atoms with E-state index in [1.54, 1.807) is 4.90 Å². The average molecular weight is 373 g/mol. The largest absolute Gasteiger partial charge is 0.365 e. The number of amides is 3. The summed E-state index contributed by atoms with van der Waals surface area (Å²) in [5.74, 6) is 0.411. The van der Waals surface area contributed by atoms with Crippen molar-refractivity contribution >= 4 is 17.6 Å². The van der Waals surface area contributed by atoms with E-state index in [-0.39, 0.29) is 30.7 Å². The molecule has 1 heterocycles. The highest BCUT2D eigenvalue weighted by Gasteiger charge is 2.28. The van der Waals surface area contributed by atoms with Crippen molar-refractivity contribution in [2.75, 3.05) is 24.6 Å². The van der Waals surface area contributed by atoms with Gasteiger partial charge in [-0.1, -0.05) is 45.2 Å². The summed E-state index contributed by atoms with van der Waals surface area (Å²) in [4.78, 5) is 26.1. The van der Waals surface area contributed by atoms with E-state index in [9.17, 15) is 9.59 Å². The third-order valence-corrected chi connectivity index (χ3v) is 5.43. The van der Waals surface area contributed by atoms with Crippen LogP contribution in [0, 0.1) is 0 Å². The topological polar surface area (TPSA) is 70.7 Å². The average Bonchev–Trinajstić information content (AvgIpc) is 2.68. The molecule has 0 radical (unpaired) electrons. The summed E-state index contributed by atoms with van der Waals surface area (Å²) in [6.07, 6.45) is 5.54. The van der Waals surface area contributed by atoms with Crippen molar-refractivity contribution in [1.82, 2.24) is 10.6 Å². The third-order valence-electron chi connectivity index (χ3n) is 5.43. The molecule has 2 fully saturated rings. The zero-order valence-corrected chi connectivity index (χ0v) is 16.4. The molecule has 1 aliphatic heterocycles. The van der Waals surface area contributed by atoms with Crippen molar-refractivity contribution < 1.29 is 14.3 Å². The number of ether oxygens (including phenoxy) is 1. The van der Waals surface area contributed by atoms with Gasteiger partial charge in [0.05, 0.1) is 12.6 Å². The highest BCUT2D eigenvalue weighted by Crippen LogP contribution is 2.22. The van der Waals surface area contributed by atoms with Crippen LogP contribution in [0.5, 0.6) is 0 Å². The van der Waals surface area contributed by atoms with Crippen molar-refractivity contribution in [3.63, 3.8) is 0 Å². The number of rotatable bonds is 5. The molecule has 6 nitrogen and oxygen atoms in total. The van der Waals surface area contributed by atoms with Crippen LogP contribution in [-0.4, -0.2) is 43.8 Å². The number of benzene rings is 1. The summed E-state index contributed by atoms with van der Waals surface area (Å²) in [6.45, 7) is 5.18. The number of urea groups is 1. The molecule has 0 aromatic heterocycles. The Bertz CT molecular complexity index is 639. The second kappa shape index (κ2) is 9.22. The zero-order valence-electron chi connectivity index (χ0n) is 16.4. The normalized spacial score (nSPS) is 21.4. The first-order valence-electron chi connectivity index (χ1n) is 10.1. The predicted octanol–water partition coefficient (Wildman–Crippen LogP) is 3.17. The Morgan fingerprint density at radius 2 is 1.89 bits per heavy atom. The van der Waals surface area contributed by atoms with Crippen molar-refractivity contribution in [2.45, 2.75) is 64.0 Å². The van der Waals surface area contributed by atoms with Crippen LogP contribution >= 0.6 is 0 Å². The summed E-state index contributed by atoms with van der Waals surface area (Å²) < 4.78 is 5.61. The molecule has 1 unspecified atom stereocenters. The maximum atomic E-state index is 12.3. The van der Waals surface area contributed by atoms with Crippen LogP contribution in [0.15, 0.2) is 24.3 Å². The van der Waals surface area contributed by atoms with Crippen LogP contribution < -0.4 is 15.5 Å². The van der Waals surface area contributed by atoms with Gasteiger partial charge in [0.15, 0.2) is 0 Å². The first-order chi connectivity index (χ1) is 13.0. The van der Waals surface area contributed by atoms with Gasteiger partial charge in [0, 0.05) is 18.3 Å². The van der Waals surface area contributed by atoms with Crippen molar-refractivity contribution in [3.05, 3.63) is 29.8 Å². The molecule has 2 aliphatic rings. The molecular formula is C21H31N3O3. The maximum Gasteiger partial charge on any atom is 0.315 e. The van der Waals surface area contributed by atoms with E-state index in [0.717, 1.165) is 18.5 Å². The van der Waals surface area contributed by atoms with Gasteiger partial charge in [-0.15, -0.1) is 0 Å². The second-order valence-electron chi connectivity index (χ2n) is 7.87. The van der Waals surface area contributed by atoms with Gasteiger partial charge in [-0.3, -0.25) is 4.79 Å². The van der Waals surface area contributed by atoms with E-state index in [2.05, 4.69) is 36.6 Å². The van der Waals surface area contributed by atoms with Crippen molar-refractivity contribution in [2.24, 2.45) is 0 Å². The number of carbonyl (C=O) groups excluding carboxylic acids is 2. The molecule has 1 atom stereocenters. The minimum Gasteiger partial charge on any atom is -0.365 e. The Hall–Kier alpha value is -2.08. The SMILES string of the molecule is CC(C)c1ccc(N2CC(CNC(=O)NC3CCCCC3)OCC2=O)cc1. The fourth-order valence-electron chi connectivity index (χ4n) is 3.73. The fraction of sp³-hybridized carbons (Fsp3) is 0.619. The Kier molecular flexibility index (Phi) is 6.72. The molecule has 3 rings (SSSR count). The summed E-state index contributed by atoms with van der Waals surface area (Å²) in [7, 11) is 0. The Morgan fingerprint density at radius 1 is 1.19 bits per heavy atom. The van der Waals surface area contributed by atoms with Gasteiger partial charge in [0.25, 0.3) is 5.91 Å². The number of anilines is 1. The van der Waals surface area contributed by atoms with Crippen LogP contribution in [-0.2, 0) is 9.53 Å². The van der Waals surface area contributed by atoms with Crippen molar-refractivity contribution in [1.29, 1.82) is 0 Å². The van der Waals surface area contributed by atoms with Gasteiger partial charge in [-0.05, 0) is 36.5 Å². The summed E-state index contributed by atoms with van der Waals surface area (Å²) >= 11 is 0. The maximum absolute atomic E-state index is 12.3. The predicted molar refractivity (Wildman–Crippen MR) is 106 cm³/mol. The smallest absolute Gasteiger partial charge is 0.315 e. The molecular weight excluding hydrogens is 342 g/mol. The van der Waals surface area contributed by atoms with Crippen LogP contribution in [0.3, 0.4) is 0 Å². The molecule has 1 aromatic carbocycles. The molecule has 6 heteroatoms. The lowest BCUT2D eigenvalue weighted by Gasteiger charge is -2.33. The lowest BCUT2D eigenvalue weighted by atomic mass is 9.96. The van der Waals surface area contributed by atoms with Gasteiger partial charge in [-0.25, -0.2) is 4.79 Å². The molecule has 148 valence electrons. The Labute approximate surface area is 161 Å². The number of nitrogens with zero attached hydrogens (tertiary/aromatic N) is 1. The van der Waals surface area contributed by atoms with E-state index in [4.69, 9.17) is 4.74 Å². The standard InChI is InChI=1S/C21H31N3O3/c1-15(2)16-8-10-18(11-9-16)24-13-19(27-14-20(24)25)12-22-21(26)23-17-6-4-3-5-7-17/h8-11,15,17,19H,3-7,12-14H2,1-2H3,(H2,22,23,26). The molecule has 0 bridgehead atoms. The van der Waals surface area contributed by atoms with E-state index >= 15 is 0 Å². The van der Waals surface area contributed by atoms with Crippen LogP contribution in [0.2, 0.25) is 0 Å². The van der Waals surface area contributed by atoms with Gasteiger partial charge in [0.2, 0.25) is 0 Å². The lowest BCUT2D eigenvalue weighted by molar-refractivity contribution is -0.129. The molecule has 1 aromatic rings. The summed E-state index contributed by atoms with van der Waals surface area (Å²) in [5.41, 5.74) is 2.13. The summed E-state index contributed by atoms with van der Waals surface area (Å²) in [5, 5.41) is 5.94. The van der Waals surface area contributed by atoms with Gasteiger partial charge < -0.3 is 20.3 Å². The summed E-state index contributed by atoms with van der Waals surface area (Å²) in [6, 6.07) is 8.23. The monoisotopic (exact) mass is 373 g/mol. The Morgan fingerprint density at radius 3 is 2.56 bits per heavy atom. The number of morpholine rings is 1. The van der Waals surface area contributed by atoms with E-state index < -0.39 is 0 Å². The van der Waals surface area contributed by atoms with Crippen LogP contribution in [0.4, 0.5) is 10.5 Å². The fourth-order valence-corrected chi connectivity index (χ4v) is 3.73. The molecule has 1 saturated carbocycles. The number of hydrogen-bond donors (Lipinski definition) is 2. The number of nitrogens with one attached hydrogen (secondary N) is 2. The van der Waals surface area contributed by atoms with E-state index in [1.165, 1.54) is 24.8 Å².